The molecule has 0 aromatic heterocycles. The second kappa shape index (κ2) is 6.63. The molecule has 1 fully saturated rings. The van der Waals surface area contributed by atoms with Gasteiger partial charge in [-0.25, -0.2) is 4.79 Å². The van der Waals surface area contributed by atoms with Crippen molar-refractivity contribution >= 4 is 6.09 Å². The van der Waals surface area contributed by atoms with Gasteiger partial charge in [0.05, 0.1) is 5.56 Å². The molecule has 24 heavy (non-hydrogen) atoms. The Balaban J connectivity index is 2.20. The first-order chi connectivity index (χ1) is 11.0. The third-order valence-electron chi connectivity index (χ3n) is 4.04. The quantitative estimate of drug-likeness (QED) is 0.892. The Bertz CT molecular complexity index is 596. The fourth-order valence-corrected chi connectivity index (χ4v) is 2.91. The van der Waals surface area contributed by atoms with E-state index < -0.39 is 23.4 Å². The lowest BCUT2D eigenvalue weighted by atomic mass is 9.88. The molecule has 4 nitrogen and oxygen atoms in total. The van der Waals surface area contributed by atoms with Crippen molar-refractivity contribution in [1.82, 2.24) is 4.90 Å². The standard InChI is InChI=1S/C17H23F3N2O2/c1-16(2,3)24-15(23)22-9-12(8-21)14(10-22)11-5-4-6-13(7-11)17(18,19)20/h4-7,12,14H,8-10,21H2,1-3H3/t12-,14+/m0/s1. The molecule has 1 aliphatic rings. The molecule has 7 heteroatoms. The summed E-state index contributed by atoms with van der Waals surface area (Å²) in [5, 5.41) is 0. The monoisotopic (exact) mass is 344 g/mol. The van der Waals surface area contributed by atoms with E-state index in [0.29, 0.717) is 25.2 Å². The molecule has 1 aromatic carbocycles. The van der Waals surface area contributed by atoms with Gasteiger partial charge in [-0.15, -0.1) is 0 Å². The second-order valence-corrected chi connectivity index (χ2v) is 7.11. The van der Waals surface area contributed by atoms with Crippen LogP contribution in [0.5, 0.6) is 0 Å². The maximum Gasteiger partial charge on any atom is 0.416 e. The zero-order valence-corrected chi connectivity index (χ0v) is 14.1. The number of ether oxygens (including phenoxy) is 1. The molecule has 0 bridgehead atoms. The minimum atomic E-state index is -4.39. The van der Waals surface area contributed by atoms with Crippen LogP contribution in [-0.2, 0) is 10.9 Å². The van der Waals surface area contributed by atoms with Gasteiger partial charge < -0.3 is 15.4 Å². The molecule has 0 unspecified atom stereocenters. The van der Waals surface area contributed by atoms with Crippen molar-refractivity contribution in [2.45, 2.75) is 38.5 Å². The van der Waals surface area contributed by atoms with Crippen LogP contribution in [0.25, 0.3) is 0 Å². The van der Waals surface area contributed by atoms with E-state index in [0.717, 1.165) is 12.1 Å². The lowest BCUT2D eigenvalue weighted by Crippen LogP contribution is -2.35. The van der Waals surface area contributed by atoms with Crippen LogP contribution in [-0.4, -0.2) is 36.2 Å². The number of carbonyl (C=O) groups is 1. The Labute approximate surface area is 139 Å². The number of carbonyl (C=O) groups excluding carboxylic acids is 1. The molecule has 1 amide bonds. The van der Waals surface area contributed by atoms with Gasteiger partial charge in [0.25, 0.3) is 0 Å². The first-order valence-corrected chi connectivity index (χ1v) is 7.86. The van der Waals surface area contributed by atoms with E-state index in [1.165, 1.54) is 11.0 Å². The number of likely N-dealkylation sites (tertiary alicyclic amines) is 1. The summed E-state index contributed by atoms with van der Waals surface area (Å²) in [4.78, 5) is 13.7. The van der Waals surface area contributed by atoms with E-state index in [2.05, 4.69) is 0 Å². The van der Waals surface area contributed by atoms with Crippen LogP contribution in [0.15, 0.2) is 24.3 Å². The van der Waals surface area contributed by atoms with E-state index >= 15 is 0 Å². The van der Waals surface area contributed by atoms with Crippen LogP contribution in [0.3, 0.4) is 0 Å². The normalized spacial score (nSPS) is 21.9. The number of rotatable bonds is 2. The SMILES string of the molecule is CC(C)(C)OC(=O)N1C[C@H](CN)[C@@H](c2cccc(C(F)(F)F)c2)C1. The predicted molar refractivity (Wildman–Crippen MR) is 84.5 cm³/mol. The third kappa shape index (κ3) is 4.41. The number of halogens is 3. The number of benzene rings is 1. The first kappa shape index (κ1) is 18.6. The highest BCUT2D eigenvalue weighted by molar-refractivity contribution is 5.68. The maximum atomic E-state index is 12.9. The van der Waals surface area contributed by atoms with Crippen LogP contribution in [0, 0.1) is 5.92 Å². The Hall–Kier alpha value is -1.76. The molecule has 2 rings (SSSR count). The largest absolute Gasteiger partial charge is 0.444 e. The predicted octanol–water partition coefficient (Wildman–Crippen LogP) is 3.61. The summed E-state index contributed by atoms with van der Waals surface area (Å²) in [5.41, 5.74) is 5.01. The van der Waals surface area contributed by atoms with Gasteiger partial charge in [0.15, 0.2) is 0 Å². The maximum absolute atomic E-state index is 12.9. The highest BCUT2D eigenvalue weighted by atomic mass is 19.4. The minimum absolute atomic E-state index is 0.0963. The molecule has 0 spiro atoms. The number of hydrogen-bond acceptors (Lipinski definition) is 3. The third-order valence-corrected chi connectivity index (χ3v) is 4.04. The molecule has 1 heterocycles. The Morgan fingerprint density at radius 2 is 1.96 bits per heavy atom. The van der Waals surface area contributed by atoms with Gasteiger partial charge in [0.2, 0.25) is 0 Å². The lowest BCUT2D eigenvalue weighted by molar-refractivity contribution is -0.137. The Morgan fingerprint density at radius 3 is 2.50 bits per heavy atom. The number of nitrogens with two attached hydrogens (primary N) is 1. The summed E-state index contributed by atoms with van der Waals surface area (Å²) < 4.78 is 44.1. The van der Waals surface area contributed by atoms with Gasteiger partial charge in [-0.1, -0.05) is 18.2 Å². The van der Waals surface area contributed by atoms with Gasteiger partial charge in [-0.2, -0.15) is 13.2 Å². The second-order valence-electron chi connectivity index (χ2n) is 7.11. The molecule has 1 aromatic rings. The van der Waals surface area contributed by atoms with Gasteiger partial charge in [-0.05, 0) is 44.9 Å². The highest BCUT2D eigenvalue weighted by Crippen LogP contribution is 2.36. The molecule has 134 valence electrons. The fourth-order valence-electron chi connectivity index (χ4n) is 2.91. The van der Waals surface area contributed by atoms with Crippen molar-refractivity contribution in [1.29, 1.82) is 0 Å². The van der Waals surface area contributed by atoms with Crippen LogP contribution in [0.1, 0.15) is 37.8 Å². The number of amides is 1. The Kier molecular flexibility index (Phi) is 5.13. The van der Waals surface area contributed by atoms with Crippen molar-refractivity contribution in [2.24, 2.45) is 11.7 Å². The number of hydrogen-bond donors (Lipinski definition) is 1. The summed E-state index contributed by atoms with van der Waals surface area (Å²) in [6.45, 7) is 6.29. The van der Waals surface area contributed by atoms with Crippen LogP contribution in [0.2, 0.25) is 0 Å². The van der Waals surface area contributed by atoms with Gasteiger partial charge in [0.1, 0.15) is 5.60 Å². The average Bonchev–Trinajstić information content (AvgIpc) is 2.89. The summed E-state index contributed by atoms with van der Waals surface area (Å²) >= 11 is 0. The van der Waals surface area contributed by atoms with Crippen LogP contribution in [0.4, 0.5) is 18.0 Å². The Morgan fingerprint density at radius 1 is 1.29 bits per heavy atom. The van der Waals surface area contributed by atoms with Crippen LogP contribution < -0.4 is 5.73 Å². The lowest BCUT2D eigenvalue weighted by Gasteiger charge is -2.24. The van der Waals surface area contributed by atoms with E-state index in [9.17, 15) is 18.0 Å². The van der Waals surface area contributed by atoms with Crippen molar-refractivity contribution in [3.05, 3.63) is 35.4 Å². The summed E-state index contributed by atoms with van der Waals surface area (Å²) in [6, 6.07) is 5.23. The van der Waals surface area contributed by atoms with E-state index in [-0.39, 0.29) is 11.8 Å². The number of nitrogens with zero attached hydrogens (tertiary/aromatic N) is 1. The van der Waals surface area contributed by atoms with E-state index in [1.54, 1.807) is 26.8 Å². The molecule has 0 radical (unpaired) electrons. The van der Waals surface area contributed by atoms with Gasteiger partial charge in [0, 0.05) is 19.0 Å². The van der Waals surface area contributed by atoms with E-state index in [4.69, 9.17) is 10.5 Å². The molecule has 0 aliphatic carbocycles. The van der Waals surface area contributed by atoms with Crippen molar-refractivity contribution in [3.8, 4) is 0 Å². The van der Waals surface area contributed by atoms with E-state index in [1.807, 2.05) is 0 Å². The summed E-state index contributed by atoms with van der Waals surface area (Å²) in [7, 11) is 0. The molecule has 2 N–H and O–H groups in total. The molecule has 2 atom stereocenters. The number of alkyl halides is 3. The summed E-state index contributed by atoms with van der Waals surface area (Å²) in [6.07, 6.45) is -4.85. The molecular formula is C17H23F3N2O2. The smallest absolute Gasteiger partial charge is 0.416 e. The molecule has 1 aliphatic heterocycles. The zero-order valence-electron chi connectivity index (χ0n) is 14.1. The molecular weight excluding hydrogens is 321 g/mol. The minimum Gasteiger partial charge on any atom is -0.444 e. The van der Waals surface area contributed by atoms with Gasteiger partial charge in [-0.3, -0.25) is 0 Å². The average molecular weight is 344 g/mol. The molecule has 0 saturated carbocycles. The van der Waals surface area contributed by atoms with Crippen LogP contribution >= 0.6 is 0 Å². The van der Waals surface area contributed by atoms with Crippen molar-refractivity contribution in [3.63, 3.8) is 0 Å². The van der Waals surface area contributed by atoms with Gasteiger partial charge >= 0.3 is 12.3 Å². The van der Waals surface area contributed by atoms with Crippen molar-refractivity contribution < 1.29 is 22.7 Å². The zero-order chi connectivity index (χ0) is 18.1. The molecule has 1 saturated heterocycles. The first-order valence-electron chi connectivity index (χ1n) is 7.86. The fraction of sp³-hybridized carbons (Fsp3) is 0.588. The highest BCUT2D eigenvalue weighted by Gasteiger charge is 2.38. The topological polar surface area (TPSA) is 55.6 Å². The van der Waals surface area contributed by atoms with Crippen molar-refractivity contribution in [2.75, 3.05) is 19.6 Å². The summed E-state index contributed by atoms with van der Waals surface area (Å²) in [5.74, 6) is -0.328.